The van der Waals surface area contributed by atoms with Crippen molar-refractivity contribution in [2.24, 2.45) is 0 Å². The zero-order valence-corrected chi connectivity index (χ0v) is 18.6. The van der Waals surface area contributed by atoms with Crippen LogP contribution in [0.1, 0.15) is 56.0 Å². The van der Waals surface area contributed by atoms with Gasteiger partial charge in [0.15, 0.2) is 0 Å². The number of pyridine rings is 1. The maximum absolute atomic E-state index is 13.5. The maximum atomic E-state index is 13.5. The van der Waals surface area contributed by atoms with Crippen molar-refractivity contribution in [3.05, 3.63) is 65.6 Å². The molecule has 7 nitrogen and oxygen atoms in total. The average molecular weight is 435 g/mol. The number of para-hydroxylation sites is 1. The van der Waals surface area contributed by atoms with Gasteiger partial charge in [0, 0.05) is 41.6 Å². The predicted molar refractivity (Wildman–Crippen MR) is 123 cm³/mol. The molecule has 3 heterocycles. The molecule has 4 rings (SSSR count). The minimum atomic E-state index is -0.374. The zero-order valence-electron chi connectivity index (χ0n) is 18.6. The molecule has 0 radical (unpaired) electrons. The van der Waals surface area contributed by atoms with Crippen molar-refractivity contribution >= 4 is 22.9 Å². The van der Waals surface area contributed by atoms with Gasteiger partial charge in [0.2, 0.25) is 0 Å². The molecule has 0 bridgehead atoms. The number of nitrogens with one attached hydrogen (secondary N) is 2. The number of aromatic amines is 1. The molecule has 1 unspecified atom stereocenters. The molecule has 1 aliphatic rings. The largest absolute Gasteiger partial charge is 0.466 e. The van der Waals surface area contributed by atoms with Crippen molar-refractivity contribution in [1.82, 2.24) is 20.2 Å². The highest BCUT2D eigenvalue weighted by Gasteiger charge is 2.41. The monoisotopic (exact) mass is 434 g/mol. The number of rotatable bonds is 7. The van der Waals surface area contributed by atoms with E-state index in [1.807, 2.05) is 30.3 Å². The number of hydrogen-bond acceptors (Lipinski definition) is 4. The lowest BCUT2D eigenvalue weighted by Crippen LogP contribution is -2.52. The number of amides is 2. The second-order valence-corrected chi connectivity index (χ2v) is 8.11. The van der Waals surface area contributed by atoms with Gasteiger partial charge in [0.05, 0.1) is 13.0 Å². The van der Waals surface area contributed by atoms with E-state index < -0.39 is 0 Å². The highest BCUT2D eigenvalue weighted by atomic mass is 16.5. The van der Waals surface area contributed by atoms with Crippen LogP contribution in [0.15, 0.2) is 48.8 Å². The number of aromatic nitrogens is 2. The molecule has 0 saturated heterocycles. The third kappa shape index (κ3) is 4.33. The molecule has 1 aliphatic heterocycles. The SMILES string of the molecule is CCCCNC(=O)N1C(CC(=O)OCC)Cc2c([nH]c3ccccc23)[C@@H]1c1cccnc1. The molecule has 0 saturated carbocycles. The van der Waals surface area contributed by atoms with Crippen LogP contribution in [0.2, 0.25) is 0 Å². The second-order valence-electron chi connectivity index (χ2n) is 8.11. The van der Waals surface area contributed by atoms with E-state index in [0.717, 1.165) is 40.6 Å². The second kappa shape index (κ2) is 9.85. The maximum Gasteiger partial charge on any atom is 0.318 e. The fraction of sp³-hybridized carbons (Fsp3) is 0.400. The van der Waals surface area contributed by atoms with E-state index in [1.54, 1.807) is 24.2 Å². The summed E-state index contributed by atoms with van der Waals surface area (Å²) < 4.78 is 5.25. The number of carbonyl (C=O) groups is 2. The van der Waals surface area contributed by atoms with Gasteiger partial charge in [-0.05, 0) is 43.0 Å². The summed E-state index contributed by atoms with van der Waals surface area (Å²) >= 11 is 0. The Labute approximate surface area is 188 Å². The first-order valence-corrected chi connectivity index (χ1v) is 11.3. The molecule has 7 heteroatoms. The van der Waals surface area contributed by atoms with Crippen molar-refractivity contribution in [2.45, 2.75) is 51.6 Å². The fourth-order valence-electron chi connectivity index (χ4n) is 4.55. The molecular weight excluding hydrogens is 404 g/mol. The van der Waals surface area contributed by atoms with Crippen LogP contribution in [0.3, 0.4) is 0 Å². The topological polar surface area (TPSA) is 87.3 Å². The van der Waals surface area contributed by atoms with E-state index in [2.05, 4.69) is 28.3 Å². The summed E-state index contributed by atoms with van der Waals surface area (Å²) in [5.41, 5.74) is 4.04. The van der Waals surface area contributed by atoms with Crippen molar-refractivity contribution < 1.29 is 14.3 Å². The van der Waals surface area contributed by atoms with Gasteiger partial charge in [-0.15, -0.1) is 0 Å². The van der Waals surface area contributed by atoms with Crippen LogP contribution in [-0.2, 0) is 16.0 Å². The quantitative estimate of drug-likeness (QED) is 0.428. The summed E-state index contributed by atoms with van der Waals surface area (Å²) in [6.45, 7) is 4.80. The van der Waals surface area contributed by atoms with Gasteiger partial charge in [0.1, 0.15) is 6.04 Å². The van der Waals surface area contributed by atoms with Crippen molar-refractivity contribution in [1.29, 1.82) is 0 Å². The number of urea groups is 1. The van der Waals surface area contributed by atoms with Crippen molar-refractivity contribution in [3.63, 3.8) is 0 Å². The Morgan fingerprint density at radius 1 is 1.22 bits per heavy atom. The Hall–Kier alpha value is -3.35. The molecule has 2 atom stereocenters. The Bertz CT molecular complexity index is 1080. The normalized spacial score (nSPS) is 17.8. The standard InChI is InChI=1S/C25H30N4O3/c1-3-5-13-27-25(31)29-18(15-22(30)32-4-2)14-20-19-10-6-7-11-21(19)28-23(20)24(29)17-9-8-12-26-16-17/h6-12,16,18,24,28H,3-5,13-15H2,1-2H3,(H,27,31)/t18?,24-/m0/s1. The van der Waals surface area contributed by atoms with E-state index in [9.17, 15) is 9.59 Å². The first-order valence-electron chi connectivity index (χ1n) is 11.3. The lowest BCUT2D eigenvalue weighted by molar-refractivity contribution is -0.144. The van der Waals surface area contributed by atoms with E-state index in [4.69, 9.17) is 4.74 Å². The molecule has 2 amide bonds. The molecule has 0 spiro atoms. The van der Waals surface area contributed by atoms with E-state index >= 15 is 0 Å². The molecule has 168 valence electrons. The van der Waals surface area contributed by atoms with Crippen LogP contribution >= 0.6 is 0 Å². The highest BCUT2D eigenvalue weighted by Crippen LogP contribution is 2.41. The summed E-state index contributed by atoms with van der Waals surface area (Å²) in [6, 6.07) is 11.1. The summed E-state index contributed by atoms with van der Waals surface area (Å²) in [6.07, 6.45) is 6.13. The number of ether oxygens (including phenoxy) is 1. The van der Waals surface area contributed by atoms with E-state index in [1.165, 1.54) is 0 Å². The van der Waals surface area contributed by atoms with Crippen LogP contribution in [0.5, 0.6) is 0 Å². The van der Waals surface area contributed by atoms with Crippen LogP contribution in [0, 0.1) is 0 Å². The predicted octanol–water partition coefficient (Wildman–Crippen LogP) is 4.34. The van der Waals surface area contributed by atoms with Gasteiger partial charge in [-0.3, -0.25) is 9.78 Å². The highest BCUT2D eigenvalue weighted by molar-refractivity contribution is 5.87. The smallest absolute Gasteiger partial charge is 0.318 e. The Morgan fingerprint density at radius 3 is 2.81 bits per heavy atom. The molecule has 1 aromatic carbocycles. The number of fused-ring (bicyclic) bond motifs is 3. The van der Waals surface area contributed by atoms with E-state index in [-0.39, 0.29) is 30.5 Å². The first-order chi connectivity index (χ1) is 15.6. The molecule has 2 aromatic heterocycles. The number of H-pyrrole nitrogens is 1. The van der Waals surface area contributed by atoms with Crippen LogP contribution in [0.25, 0.3) is 10.9 Å². The molecule has 0 aliphatic carbocycles. The third-order valence-corrected chi connectivity index (χ3v) is 5.98. The Morgan fingerprint density at radius 2 is 2.06 bits per heavy atom. The third-order valence-electron chi connectivity index (χ3n) is 5.98. The average Bonchev–Trinajstić information content (AvgIpc) is 3.17. The van der Waals surface area contributed by atoms with Crippen molar-refractivity contribution in [3.8, 4) is 0 Å². The minimum absolute atomic E-state index is 0.144. The first kappa shape index (κ1) is 21.9. The molecule has 3 aromatic rings. The number of esters is 1. The summed E-state index contributed by atoms with van der Waals surface area (Å²) in [5.74, 6) is -0.294. The van der Waals surface area contributed by atoms with Crippen molar-refractivity contribution in [2.75, 3.05) is 13.2 Å². The van der Waals surface area contributed by atoms with Crippen LogP contribution in [-0.4, -0.2) is 46.1 Å². The number of nitrogens with zero attached hydrogens (tertiary/aromatic N) is 2. The fourth-order valence-corrected chi connectivity index (χ4v) is 4.55. The van der Waals surface area contributed by atoms with Gasteiger partial charge in [-0.25, -0.2) is 4.79 Å². The van der Waals surface area contributed by atoms with Gasteiger partial charge < -0.3 is 19.9 Å². The summed E-state index contributed by atoms with van der Waals surface area (Å²) in [7, 11) is 0. The number of unbranched alkanes of at least 4 members (excludes halogenated alkanes) is 1. The molecule has 0 fully saturated rings. The number of hydrogen-bond donors (Lipinski definition) is 2. The molecule has 32 heavy (non-hydrogen) atoms. The Balaban J connectivity index is 1.82. The minimum Gasteiger partial charge on any atom is -0.466 e. The summed E-state index contributed by atoms with van der Waals surface area (Å²) in [5, 5.41) is 4.17. The molecular formula is C25H30N4O3. The number of benzene rings is 1. The Kier molecular flexibility index (Phi) is 6.73. The van der Waals surface area contributed by atoms with E-state index in [0.29, 0.717) is 19.6 Å². The van der Waals surface area contributed by atoms with Gasteiger partial charge in [-0.1, -0.05) is 37.6 Å². The molecule has 2 N–H and O–H groups in total. The van der Waals surface area contributed by atoms with Gasteiger partial charge in [-0.2, -0.15) is 0 Å². The van der Waals surface area contributed by atoms with Gasteiger partial charge in [0.25, 0.3) is 0 Å². The number of carbonyl (C=O) groups excluding carboxylic acids is 2. The lowest BCUT2D eigenvalue weighted by atomic mass is 9.87. The van der Waals surface area contributed by atoms with Crippen LogP contribution < -0.4 is 5.32 Å². The summed E-state index contributed by atoms with van der Waals surface area (Å²) in [4.78, 5) is 35.6. The van der Waals surface area contributed by atoms with Gasteiger partial charge >= 0.3 is 12.0 Å². The van der Waals surface area contributed by atoms with Crippen LogP contribution in [0.4, 0.5) is 4.79 Å². The zero-order chi connectivity index (χ0) is 22.5. The lowest BCUT2D eigenvalue weighted by Gasteiger charge is -2.42.